The van der Waals surface area contributed by atoms with Crippen molar-refractivity contribution in [3.05, 3.63) is 82.7 Å². The van der Waals surface area contributed by atoms with Gasteiger partial charge in [-0.05, 0) is 48.9 Å². The van der Waals surface area contributed by atoms with Crippen molar-refractivity contribution in [3.8, 4) is 5.75 Å². The number of ether oxygens (including phenoxy) is 1. The molecule has 0 aliphatic carbocycles. The number of nitrogens with two attached hydrogens (primary N) is 1. The van der Waals surface area contributed by atoms with Gasteiger partial charge < -0.3 is 26.0 Å². The molecular weight excluding hydrogens is 563 g/mol. The lowest BCUT2D eigenvalue weighted by molar-refractivity contribution is -0.137. The van der Waals surface area contributed by atoms with Crippen LogP contribution in [0.5, 0.6) is 5.75 Å². The highest BCUT2D eigenvalue weighted by Gasteiger charge is 2.33. The molecular formula is C30H36F3N7O3. The first-order chi connectivity index (χ1) is 20.2. The molecule has 10 nitrogen and oxygen atoms in total. The van der Waals surface area contributed by atoms with Crippen LogP contribution in [-0.4, -0.2) is 37.0 Å². The van der Waals surface area contributed by atoms with Gasteiger partial charge in [0.05, 0.1) is 29.7 Å². The van der Waals surface area contributed by atoms with E-state index in [-0.39, 0.29) is 41.1 Å². The van der Waals surface area contributed by atoms with Crippen molar-refractivity contribution in [1.29, 1.82) is 0 Å². The van der Waals surface area contributed by atoms with E-state index in [0.29, 0.717) is 22.8 Å². The molecule has 13 heteroatoms. The summed E-state index contributed by atoms with van der Waals surface area (Å²) in [7, 11) is 3.04. The number of alkyl halides is 3. The van der Waals surface area contributed by atoms with E-state index in [0.717, 1.165) is 17.7 Å². The number of anilines is 3. The zero-order valence-electron chi connectivity index (χ0n) is 24.8. The van der Waals surface area contributed by atoms with Crippen LogP contribution in [0.3, 0.4) is 0 Å². The van der Waals surface area contributed by atoms with E-state index in [9.17, 15) is 22.8 Å². The van der Waals surface area contributed by atoms with Crippen LogP contribution in [0.1, 0.15) is 53.4 Å². The number of benzene rings is 2. The van der Waals surface area contributed by atoms with Crippen molar-refractivity contribution < 1.29 is 27.5 Å². The van der Waals surface area contributed by atoms with Crippen LogP contribution in [-0.2, 0) is 17.5 Å². The highest BCUT2D eigenvalue weighted by Crippen LogP contribution is 2.38. The molecule has 43 heavy (non-hydrogen) atoms. The number of amides is 2. The van der Waals surface area contributed by atoms with Gasteiger partial charge in [0.1, 0.15) is 11.6 Å². The number of nitrogens with one attached hydrogen (secondary N) is 4. The number of hydrazine groups is 1. The molecule has 0 unspecified atom stereocenters. The molecule has 0 aliphatic rings. The third-order valence-electron chi connectivity index (χ3n) is 6.31. The maximum absolute atomic E-state index is 13.7. The molecule has 230 valence electrons. The number of hydrogen-bond donors (Lipinski definition) is 5. The third-order valence-corrected chi connectivity index (χ3v) is 6.31. The van der Waals surface area contributed by atoms with Gasteiger partial charge in [0.2, 0.25) is 5.91 Å². The maximum Gasteiger partial charge on any atom is 0.416 e. The van der Waals surface area contributed by atoms with Crippen molar-refractivity contribution in [2.45, 2.75) is 46.5 Å². The summed E-state index contributed by atoms with van der Waals surface area (Å²) in [5, 5.41) is 12.6. The third kappa shape index (κ3) is 8.69. The van der Waals surface area contributed by atoms with Gasteiger partial charge in [0.15, 0.2) is 0 Å². The molecule has 1 aromatic heterocycles. The summed E-state index contributed by atoms with van der Waals surface area (Å²) in [6, 6.07) is 10.0. The number of hydrogen-bond acceptors (Lipinski definition) is 8. The van der Waals surface area contributed by atoms with Crippen LogP contribution < -0.4 is 36.9 Å². The molecule has 0 saturated heterocycles. The number of methoxy groups -OCH3 is 1. The number of pyridine rings is 1. The van der Waals surface area contributed by atoms with Crippen molar-refractivity contribution >= 4 is 34.7 Å². The van der Waals surface area contributed by atoms with Crippen LogP contribution in [0.4, 0.5) is 30.4 Å². The Labute approximate surface area is 248 Å². The zero-order valence-corrected chi connectivity index (χ0v) is 24.8. The molecule has 2 amide bonds. The molecule has 0 spiro atoms. The normalized spacial score (nSPS) is 11.7. The monoisotopic (exact) mass is 599 g/mol. The number of aryl methyl sites for hydroxylation is 1. The second-order valence-electron chi connectivity index (χ2n) is 10.0. The number of carbonyl (C=O) groups is 2. The lowest BCUT2D eigenvalue weighted by Gasteiger charge is -2.21. The van der Waals surface area contributed by atoms with Crippen molar-refractivity contribution in [2.75, 3.05) is 29.8 Å². The zero-order chi connectivity index (χ0) is 31.9. The molecule has 1 heterocycles. The van der Waals surface area contributed by atoms with E-state index in [2.05, 4.69) is 26.3 Å². The Morgan fingerprint density at radius 1 is 1.09 bits per heavy atom. The van der Waals surface area contributed by atoms with Gasteiger partial charge in [-0.3, -0.25) is 14.6 Å². The lowest BCUT2D eigenvalue weighted by Crippen LogP contribution is -2.27. The van der Waals surface area contributed by atoms with E-state index in [4.69, 9.17) is 10.6 Å². The Morgan fingerprint density at radius 2 is 1.79 bits per heavy atom. The number of carbonyl (C=O) groups excluding carboxylic acids is 2. The molecule has 2 aromatic carbocycles. The smallest absolute Gasteiger partial charge is 0.416 e. The van der Waals surface area contributed by atoms with Crippen molar-refractivity contribution in [3.63, 3.8) is 0 Å². The summed E-state index contributed by atoms with van der Waals surface area (Å²) in [6.45, 7) is 7.03. The van der Waals surface area contributed by atoms with Crippen LogP contribution >= 0.6 is 0 Å². The van der Waals surface area contributed by atoms with E-state index >= 15 is 0 Å². The van der Waals surface area contributed by atoms with Crippen LogP contribution in [0.25, 0.3) is 5.70 Å². The minimum Gasteiger partial charge on any atom is -0.494 e. The maximum atomic E-state index is 13.7. The average Bonchev–Trinajstić information content (AvgIpc) is 2.94. The van der Waals surface area contributed by atoms with Gasteiger partial charge in [-0.1, -0.05) is 19.9 Å². The predicted octanol–water partition coefficient (Wildman–Crippen LogP) is 5.02. The first kappa shape index (κ1) is 32.9. The highest BCUT2D eigenvalue weighted by molar-refractivity contribution is 6.06. The molecule has 3 aromatic rings. The number of halogens is 3. The van der Waals surface area contributed by atoms with Gasteiger partial charge in [0, 0.05) is 55.6 Å². The Morgan fingerprint density at radius 3 is 2.35 bits per heavy atom. The molecule has 0 aliphatic heterocycles. The molecule has 6 N–H and O–H groups in total. The van der Waals surface area contributed by atoms with Gasteiger partial charge in [0.25, 0.3) is 5.91 Å². The molecule has 3 rings (SSSR count). The largest absolute Gasteiger partial charge is 0.494 e. The fraction of sp³-hybridized carbons (Fsp3) is 0.300. The first-order valence-corrected chi connectivity index (χ1v) is 13.3. The van der Waals surface area contributed by atoms with Crippen molar-refractivity contribution in [2.24, 2.45) is 5.84 Å². The Balaban J connectivity index is 1.93. The second kappa shape index (κ2) is 14.0. The Kier molecular flexibility index (Phi) is 10.7. The molecule has 0 bridgehead atoms. The van der Waals surface area contributed by atoms with E-state index < -0.39 is 17.6 Å². The van der Waals surface area contributed by atoms with Gasteiger partial charge in [-0.15, -0.1) is 0 Å². The quantitative estimate of drug-likeness (QED) is 0.153. The number of nitrogens with zero attached hydrogens (tertiary/aromatic N) is 2. The van der Waals surface area contributed by atoms with Crippen LogP contribution in [0.2, 0.25) is 0 Å². The Hall–Kier alpha value is -4.62. The summed E-state index contributed by atoms with van der Waals surface area (Å²) in [6.07, 6.45) is -1.47. The minimum absolute atomic E-state index is 0.0133. The fourth-order valence-electron chi connectivity index (χ4n) is 4.15. The van der Waals surface area contributed by atoms with Crippen LogP contribution in [0.15, 0.2) is 54.9 Å². The summed E-state index contributed by atoms with van der Waals surface area (Å²) < 4.78 is 46.6. The molecule has 0 radical (unpaired) electrons. The lowest BCUT2D eigenvalue weighted by atomic mass is 10.1. The summed E-state index contributed by atoms with van der Waals surface area (Å²) in [5.74, 6) is 6.00. The fourth-order valence-corrected chi connectivity index (χ4v) is 4.15. The van der Waals surface area contributed by atoms with E-state index in [1.165, 1.54) is 25.1 Å². The summed E-state index contributed by atoms with van der Waals surface area (Å²) >= 11 is 0. The SMILES string of the molecule is CN/C(=C\N(N)c1cc(C(=O)Nc2cc(C(F)(F)F)cc(CNC(C)C)c2OC)ccc1C)c1ccc(NC(C)=O)nc1. The van der Waals surface area contributed by atoms with Gasteiger partial charge in [-0.2, -0.15) is 13.2 Å². The minimum atomic E-state index is -4.63. The highest BCUT2D eigenvalue weighted by atomic mass is 19.4. The number of rotatable bonds is 11. The molecule has 0 saturated carbocycles. The number of aromatic nitrogens is 1. The first-order valence-electron chi connectivity index (χ1n) is 13.3. The molecule has 0 fully saturated rings. The van der Waals surface area contributed by atoms with E-state index in [1.807, 2.05) is 13.8 Å². The average molecular weight is 600 g/mol. The van der Waals surface area contributed by atoms with Gasteiger partial charge >= 0.3 is 6.18 Å². The Bertz CT molecular complexity index is 1490. The second-order valence-corrected chi connectivity index (χ2v) is 10.0. The standard InChI is InChI=1S/C30H36F3N7O3/c1-17(2)36-15-22-11-23(30(31,32)33)13-24(28(22)43-6)39-29(42)20-8-7-18(3)26(12-20)40(34)16-25(35-5)21-9-10-27(37-14-21)38-19(4)41/h7-14,16-17,35-36H,15,34H2,1-6H3,(H,39,42)(H,37,38,41)/b25-16-. The van der Waals surface area contributed by atoms with Crippen LogP contribution in [0, 0.1) is 6.92 Å². The summed E-state index contributed by atoms with van der Waals surface area (Å²) in [5.41, 5.74) is 1.88. The topological polar surface area (TPSA) is 134 Å². The predicted molar refractivity (Wildman–Crippen MR) is 161 cm³/mol. The van der Waals surface area contributed by atoms with Crippen molar-refractivity contribution in [1.82, 2.24) is 15.6 Å². The van der Waals surface area contributed by atoms with Gasteiger partial charge in [-0.25, -0.2) is 10.8 Å². The molecule has 0 atom stereocenters. The van der Waals surface area contributed by atoms with E-state index in [1.54, 1.807) is 50.6 Å². The summed E-state index contributed by atoms with van der Waals surface area (Å²) in [4.78, 5) is 28.8.